The van der Waals surface area contributed by atoms with Crippen LogP contribution < -0.4 is 5.32 Å². The van der Waals surface area contributed by atoms with Gasteiger partial charge in [0.25, 0.3) is 0 Å². The van der Waals surface area contributed by atoms with E-state index in [1.165, 1.54) is 5.56 Å². The summed E-state index contributed by atoms with van der Waals surface area (Å²) in [6.45, 7) is 0.677. The molecule has 0 aliphatic carbocycles. The second kappa shape index (κ2) is 6.66. The van der Waals surface area contributed by atoms with Gasteiger partial charge >= 0.3 is 123 Å². The molecule has 0 bridgehead atoms. The predicted molar refractivity (Wildman–Crippen MR) is 83.6 cm³/mol. The number of hydrogen-bond donors (Lipinski definition) is 1. The number of aromatic nitrogens is 2. The molecule has 4 nitrogen and oxygen atoms in total. The van der Waals surface area contributed by atoms with Gasteiger partial charge in [-0.25, -0.2) is 0 Å². The van der Waals surface area contributed by atoms with Crippen LogP contribution in [0.3, 0.4) is 0 Å². The van der Waals surface area contributed by atoms with Crippen LogP contribution in [0.1, 0.15) is 22.3 Å². The first-order valence-corrected chi connectivity index (χ1v) is 8.40. The zero-order chi connectivity index (χ0) is 14.5. The van der Waals surface area contributed by atoms with Gasteiger partial charge in [-0.15, -0.1) is 0 Å². The summed E-state index contributed by atoms with van der Waals surface area (Å²) in [7, 11) is 0. The Morgan fingerprint density at radius 1 is 1.05 bits per heavy atom. The summed E-state index contributed by atoms with van der Waals surface area (Å²) in [4.78, 5) is 12.1. The molecule has 0 unspecified atom stereocenters. The fraction of sp³-hybridized carbons (Fsp3) is 0.188. The van der Waals surface area contributed by atoms with Crippen molar-refractivity contribution < 1.29 is 4.79 Å². The molecular weight excluding hydrogens is 329 g/mol. The Hall–Kier alpha value is -1.97. The number of hydrogen-bond acceptors (Lipinski definition) is 3. The van der Waals surface area contributed by atoms with Gasteiger partial charge in [0.1, 0.15) is 0 Å². The third-order valence-corrected chi connectivity index (χ3v) is 4.45. The van der Waals surface area contributed by atoms with E-state index in [0.717, 1.165) is 23.9 Å². The fourth-order valence-electron chi connectivity index (χ4n) is 2.16. The molecule has 3 aromatic rings. The van der Waals surface area contributed by atoms with E-state index in [4.69, 9.17) is 0 Å². The summed E-state index contributed by atoms with van der Waals surface area (Å²) < 4.78 is 8.57. The summed E-state index contributed by atoms with van der Waals surface area (Å²) in [5.74, 6) is -0.0412. The van der Waals surface area contributed by atoms with Crippen LogP contribution >= 0.6 is 0 Å². The Morgan fingerprint density at radius 3 is 2.71 bits per heavy atom. The van der Waals surface area contributed by atoms with E-state index >= 15 is 0 Å². The molecule has 0 spiro atoms. The summed E-state index contributed by atoms with van der Waals surface area (Å²) in [5, 5.41) is 2.95. The molecule has 0 saturated heterocycles. The summed E-state index contributed by atoms with van der Waals surface area (Å²) in [6.07, 6.45) is 1.91. The number of carbonyl (C=O) groups excluding carboxylic acids is 1. The minimum atomic E-state index is -0.0485. The van der Waals surface area contributed by atoms with Gasteiger partial charge in [-0.1, -0.05) is 6.07 Å². The third kappa shape index (κ3) is 3.57. The molecule has 106 valence electrons. The predicted octanol–water partition coefficient (Wildman–Crippen LogP) is 2.05. The number of amides is 1. The van der Waals surface area contributed by atoms with Crippen LogP contribution in [0, 0.1) is 0 Å². The van der Waals surface area contributed by atoms with E-state index in [1.807, 2.05) is 36.4 Å². The first-order valence-electron chi connectivity index (χ1n) is 6.87. The van der Waals surface area contributed by atoms with Gasteiger partial charge in [-0.2, -0.15) is 0 Å². The van der Waals surface area contributed by atoms with Crippen molar-refractivity contribution in [3.8, 4) is 0 Å². The maximum absolute atomic E-state index is 12.1. The molecule has 5 heteroatoms. The van der Waals surface area contributed by atoms with Crippen LogP contribution in [-0.4, -0.2) is 35.4 Å². The van der Waals surface area contributed by atoms with Gasteiger partial charge in [-0.3, -0.25) is 0 Å². The molecular formula is C16H15N3OSe. The Morgan fingerprint density at radius 2 is 1.86 bits per heavy atom. The maximum atomic E-state index is 12.1. The molecule has 0 radical (unpaired) electrons. The number of nitrogens with one attached hydrogen (secondary N) is 1. The molecule has 0 aliphatic heterocycles. The normalized spacial score (nSPS) is 10.7. The molecule has 0 atom stereocenters. The third-order valence-electron chi connectivity index (χ3n) is 3.29. The van der Waals surface area contributed by atoms with Crippen molar-refractivity contribution in [3.63, 3.8) is 0 Å². The van der Waals surface area contributed by atoms with Gasteiger partial charge in [-0.05, 0) is 0 Å². The van der Waals surface area contributed by atoms with Crippen LogP contribution in [0.4, 0.5) is 0 Å². The molecule has 21 heavy (non-hydrogen) atoms. The minimum absolute atomic E-state index is 0.0412. The van der Waals surface area contributed by atoms with E-state index in [2.05, 4.69) is 25.4 Å². The van der Waals surface area contributed by atoms with Crippen molar-refractivity contribution in [2.45, 2.75) is 12.8 Å². The molecule has 0 aliphatic rings. The van der Waals surface area contributed by atoms with E-state index in [9.17, 15) is 4.79 Å². The van der Waals surface area contributed by atoms with Crippen LogP contribution in [-0.2, 0) is 6.42 Å². The van der Waals surface area contributed by atoms with Crippen LogP contribution in [0.15, 0.2) is 48.5 Å². The quantitative estimate of drug-likeness (QED) is 0.569. The molecule has 3 rings (SSSR count). The molecule has 2 aromatic carbocycles. The van der Waals surface area contributed by atoms with E-state index in [1.54, 1.807) is 0 Å². The van der Waals surface area contributed by atoms with Gasteiger partial charge in [0.2, 0.25) is 0 Å². The molecule has 0 fully saturated rings. The number of benzene rings is 2. The van der Waals surface area contributed by atoms with Crippen molar-refractivity contribution >= 4 is 31.9 Å². The number of rotatable bonds is 5. The second-order valence-electron chi connectivity index (χ2n) is 4.81. The van der Waals surface area contributed by atoms with Crippen LogP contribution in [0.5, 0.6) is 0 Å². The molecule has 1 heterocycles. The number of nitrogens with zero attached hydrogens (tertiary/aromatic N) is 2. The van der Waals surface area contributed by atoms with Crippen molar-refractivity contribution in [3.05, 3.63) is 59.7 Å². The van der Waals surface area contributed by atoms with E-state index < -0.39 is 0 Å². The topological polar surface area (TPSA) is 54.9 Å². The SMILES string of the molecule is O=C(NCCCc1ccccc1)c1ccc2n[se]nc2c1. The Bertz CT molecular complexity index is 739. The van der Waals surface area contributed by atoms with Gasteiger partial charge in [0.15, 0.2) is 0 Å². The molecule has 0 saturated carbocycles. The Balaban J connectivity index is 1.52. The standard InChI is InChI=1S/C16H15N3OSe/c20-16(13-8-9-14-15(11-13)19-21-18-14)17-10-4-7-12-5-2-1-3-6-12/h1-3,5-6,8-9,11H,4,7,10H2,(H,17,20). The van der Waals surface area contributed by atoms with Crippen molar-refractivity contribution in [2.24, 2.45) is 0 Å². The molecule has 1 amide bonds. The van der Waals surface area contributed by atoms with Crippen molar-refractivity contribution in [1.82, 2.24) is 13.3 Å². The van der Waals surface area contributed by atoms with Crippen LogP contribution in [0.25, 0.3) is 11.0 Å². The average molecular weight is 344 g/mol. The second-order valence-corrected chi connectivity index (χ2v) is 5.92. The Labute approximate surface area is 129 Å². The Kier molecular flexibility index (Phi) is 4.43. The monoisotopic (exact) mass is 345 g/mol. The van der Waals surface area contributed by atoms with Crippen molar-refractivity contribution in [1.29, 1.82) is 0 Å². The van der Waals surface area contributed by atoms with Gasteiger partial charge in [0, 0.05) is 0 Å². The van der Waals surface area contributed by atoms with Gasteiger partial charge < -0.3 is 0 Å². The first kappa shape index (κ1) is 14.0. The van der Waals surface area contributed by atoms with Gasteiger partial charge in [0.05, 0.1) is 0 Å². The number of carbonyl (C=O) groups is 1. The number of aryl methyl sites for hydroxylation is 1. The van der Waals surface area contributed by atoms with E-state index in [0.29, 0.717) is 12.1 Å². The van der Waals surface area contributed by atoms with Crippen molar-refractivity contribution in [2.75, 3.05) is 6.54 Å². The summed E-state index contributed by atoms with van der Waals surface area (Å²) in [6, 6.07) is 15.8. The summed E-state index contributed by atoms with van der Waals surface area (Å²) in [5.41, 5.74) is 3.69. The first-order chi connectivity index (χ1) is 10.3. The van der Waals surface area contributed by atoms with E-state index in [-0.39, 0.29) is 20.9 Å². The zero-order valence-corrected chi connectivity index (χ0v) is 13.2. The number of fused-ring (bicyclic) bond motifs is 1. The summed E-state index contributed by atoms with van der Waals surface area (Å²) >= 11 is -0.0485. The fourth-order valence-corrected chi connectivity index (χ4v) is 3.25. The zero-order valence-electron chi connectivity index (χ0n) is 11.5. The molecule has 1 aromatic heterocycles. The molecule has 1 N–H and O–H groups in total. The average Bonchev–Trinajstić information content (AvgIpc) is 3.00. The van der Waals surface area contributed by atoms with Crippen LogP contribution in [0.2, 0.25) is 0 Å².